The minimum absolute atomic E-state index is 0.00185. The van der Waals surface area contributed by atoms with E-state index in [-0.39, 0.29) is 6.42 Å². The fraction of sp³-hybridized carbons (Fsp3) is 0.500. The van der Waals surface area contributed by atoms with Crippen molar-refractivity contribution in [3.8, 4) is 0 Å². The molecule has 0 aliphatic carbocycles. The van der Waals surface area contributed by atoms with Gasteiger partial charge in [0.15, 0.2) is 0 Å². The lowest BCUT2D eigenvalue weighted by atomic mass is 10.0. The Morgan fingerprint density at radius 2 is 1.59 bits per heavy atom. The lowest BCUT2D eigenvalue weighted by Crippen LogP contribution is -2.58. The number of H-pyrrole nitrogens is 1. The third-order valence-corrected chi connectivity index (χ3v) is 6.31. The van der Waals surface area contributed by atoms with E-state index in [1.165, 1.54) is 0 Å². The second-order valence-electron chi connectivity index (χ2n) is 9.82. The molecule has 4 unspecified atom stereocenters. The molecule has 39 heavy (non-hydrogen) atoms. The second-order valence-corrected chi connectivity index (χ2v) is 9.82. The third-order valence-electron chi connectivity index (χ3n) is 6.31. The van der Waals surface area contributed by atoms with Gasteiger partial charge >= 0.3 is 5.97 Å². The highest BCUT2D eigenvalue weighted by molar-refractivity contribution is 5.96. The average molecular weight is 546 g/mol. The Hall–Kier alpha value is -3.97. The molecular weight excluding hydrogens is 506 g/mol. The van der Waals surface area contributed by atoms with Crippen LogP contribution >= 0.6 is 0 Å². The van der Waals surface area contributed by atoms with Crippen LogP contribution < -0.4 is 33.2 Å². The van der Waals surface area contributed by atoms with E-state index in [1.807, 2.05) is 24.3 Å². The van der Waals surface area contributed by atoms with E-state index in [0.717, 1.165) is 10.9 Å². The Balaban J connectivity index is 2.29. The number of carboxylic acid groups (broad SMARTS) is 1. The first-order valence-electron chi connectivity index (χ1n) is 12.9. The number of carboxylic acids is 1. The largest absolute Gasteiger partial charge is 0.480 e. The number of fused-ring (bicyclic) bond motifs is 1. The average Bonchev–Trinajstić information content (AvgIpc) is 3.28. The summed E-state index contributed by atoms with van der Waals surface area (Å²) in [6, 6.07) is 2.58. The van der Waals surface area contributed by atoms with Crippen molar-refractivity contribution < 1.29 is 29.1 Å². The van der Waals surface area contributed by atoms with E-state index >= 15 is 0 Å². The number of unbranched alkanes of at least 4 members (excludes halogenated alkanes) is 1. The minimum Gasteiger partial charge on any atom is -0.480 e. The summed E-state index contributed by atoms with van der Waals surface area (Å²) in [5, 5.41) is 17.8. The first kappa shape index (κ1) is 31.2. The zero-order chi connectivity index (χ0) is 29.1. The van der Waals surface area contributed by atoms with Crippen molar-refractivity contribution >= 4 is 40.5 Å². The molecule has 13 heteroatoms. The van der Waals surface area contributed by atoms with Gasteiger partial charge in [-0.3, -0.25) is 19.2 Å². The molecule has 4 amide bonds. The molecule has 0 bridgehead atoms. The highest BCUT2D eigenvalue weighted by Gasteiger charge is 2.32. The summed E-state index contributed by atoms with van der Waals surface area (Å²) in [5.74, 6) is -4.74. The molecule has 0 aliphatic heterocycles. The Morgan fingerprint density at radius 3 is 2.21 bits per heavy atom. The van der Waals surface area contributed by atoms with E-state index in [4.69, 9.17) is 17.2 Å². The zero-order valence-corrected chi connectivity index (χ0v) is 22.2. The smallest absolute Gasteiger partial charge is 0.326 e. The molecule has 0 aliphatic rings. The number of hydrogen-bond donors (Lipinski definition) is 8. The van der Waals surface area contributed by atoms with Crippen LogP contribution in [0.3, 0.4) is 0 Å². The van der Waals surface area contributed by atoms with E-state index in [2.05, 4.69) is 20.9 Å². The van der Waals surface area contributed by atoms with Crippen LogP contribution in [0.15, 0.2) is 30.5 Å². The fourth-order valence-electron chi connectivity index (χ4n) is 4.10. The summed E-state index contributed by atoms with van der Waals surface area (Å²) in [6.07, 6.45) is 2.76. The molecule has 1 aromatic heterocycles. The number of nitrogens with two attached hydrogens (primary N) is 3. The van der Waals surface area contributed by atoms with Crippen molar-refractivity contribution in [3.63, 3.8) is 0 Å². The van der Waals surface area contributed by atoms with Crippen LogP contribution in [-0.4, -0.2) is 70.4 Å². The van der Waals surface area contributed by atoms with E-state index < -0.39 is 66.1 Å². The van der Waals surface area contributed by atoms with Crippen LogP contribution in [0.5, 0.6) is 0 Å². The minimum atomic E-state index is -1.39. The quantitative estimate of drug-likeness (QED) is 0.124. The summed E-state index contributed by atoms with van der Waals surface area (Å²) < 4.78 is 0. The van der Waals surface area contributed by atoms with Gasteiger partial charge < -0.3 is 43.2 Å². The first-order chi connectivity index (χ1) is 18.4. The number of primary amides is 1. The Kier molecular flexibility index (Phi) is 11.9. The van der Waals surface area contributed by atoms with Gasteiger partial charge in [-0.1, -0.05) is 38.5 Å². The Labute approximate surface area is 226 Å². The second kappa shape index (κ2) is 14.8. The molecule has 1 heterocycles. The highest BCUT2D eigenvalue weighted by Crippen LogP contribution is 2.19. The molecule has 2 aromatic rings. The predicted molar refractivity (Wildman–Crippen MR) is 145 cm³/mol. The summed E-state index contributed by atoms with van der Waals surface area (Å²) >= 11 is 0. The van der Waals surface area contributed by atoms with Gasteiger partial charge in [0.05, 0.1) is 12.5 Å². The van der Waals surface area contributed by atoms with Crippen LogP contribution in [0, 0.1) is 5.92 Å². The van der Waals surface area contributed by atoms with Crippen molar-refractivity contribution in [2.45, 2.75) is 70.1 Å². The first-order valence-corrected chi connectivity index (χ1v) is 12.9. The third kappa shape index (κ3) is 9.37. The van der Waals surface area contributed by atoms with E-state index in [1.54, 1.807) is 20.0 Å². The molecule has 13 nitrogen and oxygen atoms in total. The van der Waals surface area contributed by atoms with E-state index in [0.29, 0.717) is 31.4 Å². The van der Waals surface area contributed by atoms with Gasteiger partial charge in [-0.05, 0) is 36.9 Å². The monoisotopic (exact) mass is 545 g/mol. The molecule has 214 valence electrons. The van der Waals surface area contributed by atoms with Crippen LogP contribution in [0.4, 0.5) is 0 Å². The van der Waals surface area contributed by atoms with Crippen LogP contribution in [0.25, 0.3) is 10.9 Å². The van der Waals surface area contributed by atoms with Gasteiger partial charge in [0.2, 0.25) is 23.6 Å². The lowest BCUT2D eigenvalue weighted by molar-refractivity contribution is -0.143. The van der Waals surface area contributed by atoms with Crippen LogP contribution in [0.1, 0.15) is 45.1 Å². The number of benzene rings is 1. The van der Waals surface area contributed by atoms with Gasteiger partial charge in [0.1, 0.15) is 18.1 Å². The molecule has 0 fully saturated rings. The SMILES string of the molecule is CC(C)C(NC(=O)C(Cc1c[nH]c2ccccc12)NC(=O)C(CC(N)=O)NC(=O)C(N)CCCCN)C(=O)O. The Bertz CT molecular complexity index is 1160. The van der Waals surface area contributed by atoms with Crippen molar-refractivity contribution in [1.29, 1.82) is 0 Å². The molecule has 1 aromatic carbocycles. The number of rotatable bonds is 16. The molecule has 11 N–H and O–H groups in total. The standard InChI is InChI=1S/C26H39N7O6/c1-14(2)22(26(38)39)33-25(37)19(11-15-13-30-18-9-4-3-7-16(15)18)32-24(36)20(12-21(29)34)31-23(35)17(28)8-5-6-10-27/h3-4,7,9,13-14,17,19-20,22,30H,5-6,8,10-12,27-28H2,1-2H3,(H2,29,34)(H,31,35)(H,32,36)(H,33,37)(H,38,39). The normalized spacial score (nSPS) is 14.3. The summed E-state index contributed by atoms with van der Waals surface area (Å²) in [7, 11) is 0. The summed E-state index contributed by atoms with van der Waals surface area (Å²) in [4.78, 5) is 65.6. The number of carbonyl (C=O) groups is 5. The molecule has 2 rings (SSSR count). The number of amides is 4. The maximum Gasteiger partial charge on any atom is 0.326 e. The number of carbonyl (C=O) groups excluding carboxylic acids is 4. The maximum absolute atomic E-state index is 13.3. The van der Waals surface area contributed by atoms with Crippen molar-refractivity contribution in [2.75, 3.05) is 6.54 Å². The number of aromatic nitrogens is 1. The number of nitrogens with one attached hydrogen (secondary N) is 4. The van der Waals surface area contributed by atoms with Crippen LogP contribution in [-0.2, 0) is 30.4 Å². The molecule has 0 saturated heterocycles. The van der Waals surface area contributed by atoms with Crippen molar-refractivity contribution in [1.82, 2.24) is 20.9 Å². The number of aromatic amines is 1. The van der Waals surface area contributed by atoms with Crippen molar-refractivity contribution in [3.05, 3.63) is 36.0 Å². The summed E-state index contributed by atoms with van der Waals surface area (Å²) in [6.45, 7) is 3.73. The highest BCUT2D eigenvalue weighted by atomic mass is 16.4. The Morgan fingerprint density at radius 1 is 0.949 bits per heavy atom. The molecule has 4 atom stereocenters. The zero-order valence-electron chi connectivity index (χ0n) is 22.2. The lowest BCUT2D eigenvalue weighted by Gasteiger charge is -2.25. The number of para-hydroxylation sites is 1. The van der Waals surface area contributed by atoms with Crippen molar-refractivity contribution in [2.24, 2.45) is 23.1 Å². The number of hydrogen-bond acceptors (Lipinski definition) is 7. The van der Waals surface area contributed by atoms with Crippen LogP contribution in [0.2, 0.25) is 0 Å². The molecule has 0 spiro atoms. The van der Waals surface area contributed by atoms with E-state index in [9.17, 15) is 29.1 Å². The number of aliphatic carboxylic acids is 1. The van der Waals surface area contributed by atoms with Gasteiger partial charge in [-0.2, -0.15) is 0 Å². The molecule has 0 radical (unpaired) electrons. The topological polar surface area (TPSA) is 236 Å². The van der Waals surface area contributed by atoms with Gasteiger partial charge in [-0.25, -0.2) is 4.79 Å². The van der Waals surface area contributed by atoms with Gasteiger partial charge in [-0.15, -0.1) is 0 Å². The molecular formula is C26H39N7O6. The summed E-state index contributed by atoms with van der Waals surface area (Å²) in [5.41, 5.74) is 18.2. The predicted octanol–water partition coefficient (Wildman–Crippen LogP) is -0.763. The fourth-order valence-corrected chi connectivity index (χ4v) is 4.10. The molecule has 0 saturated carbocycles. The maximum atomic E-state index is 13.3. The van der Waals surface area contributed by atoms with Gasteiger partial charge in [0.25, 0.3) is 0 Å². The van der Waals surface area contributed by atoms with Gasteiger partial charge in [0, 0.05) is 23.5 Å².